The van der Waals surface area contributed by atoms with Crippen molar-refractivity contribution in [3.05, 3.63) is 0 Å². The number of carbonyl (C=O) groups excluding carboxylic acids is 2. The Morgan fingerprint density at radius 3 is 1.39 bits per heavy atom. The molecule has 0 aromatic rings. The summed E-state index contributed by atoms with van der Waals surface area (Å²) in [4.78, 5) is 33.0. The number of nitrogens with two attached hydrogens (primary N) is 1. The first-order valence-corrected chi connectivity index (χ1v) is 19.4. The van der Waals surface area contributed by atoms with Gasteiger partial charge in [-0.3, -0.25) is 18.6 Å². The van der Waals surface area contributed by atoms with Crippen LogP contribution < -0.4 is 5.73 Å². The third-order valence-electron chi connectivity index (χ3n) is 7.80. The van der Waals surface area contributed by atoms with Gasteiger partial charge in [0, 0.05) is 19.9 Å². The Hall–Kier alpha value is -0.990. The lowest BCUT2D eigenvalue weighted by Crippen LogP contribution is -2.29. The summed E-state index contributed by atoms with van der Waals surface area (Å²) in [6.45, 7) is 2.71. The van der Waals surface area contributed by atoms with Crippen molar-refractivity contribution in [2.45, 2.75) is 180 Å². The van der Waals surface area contributed by atoms with E-state index in [9.17, 15) is 19.0 Å². The van der Waals surface area contributed by atoms with E-state index in [1.807, 2.05) is 0 Å². The topological polar surface area (TPSA) is 134 Å². The number of ether oxygens (including phenoxy) is 2. The zero-order valence-corrected chi connectivity index (χ0v) is 29.3. The van der Waals surface area contributed by atoms with Gasteiger partial charge in [0.25, 0.3) is 0 Å². The van der Waals surface area contributed by atoms with Crippen LogP contribution in [0.2, 0.25) is 0 Å². The highest BCUT2D eigenvalue weighted by molar-refractivity contribution is 7.47. The van der Waals surface area contributed by atoms with Crippen LogP contribution in [0, 0.1) is 0 Å². The summed E-state index contributed by atoms with van der Waals surface area (Å²) < 4.78 is 31.5. The molecule has 0 amide bonds. The Morgan fingerprint density at radius 2 is 1.02 bits per heavy atom. The summed E-state index contributed by atoms with van der Waals surface area (Å²) >= 11 is 0. The molecule has 3 N–H and O–H groups in total. The van der Waals surface area contributed by atoms with Gasteiger partial charge >= 0.3 is 19.8 Å². The average molecular weight is 650 g/mol. The first kappa shape index (κ1) is 43.0. The molecule has 2 atom stereocenters. The van der Waals surface area contributed by atoms with Gasteiger partial charge < -0.3 is 20.1 Å². The fourth-order valence-electron chi connectivity index (χ4n) is 5.19. The van der Waals surface area contributed by atoms with Gasteiger partial charge in [-0.05, 0) is 6.42 Å². The molecule has 0 saturated carbocycles. The van der Waals surface area contributed by atoms with Gasteiger partial charge in [0.15, 0.2) is 6.10 Å². The first-order valence-electron chi connectivity index (χ1n) is 18.0. The highest BCUT2D eigenvalue weighted by atomic mass is 31.2. The Labute approximate surface area is 269 Å². The summed E-state index contributed by atoms with van der Waals surface area (Å²) in [7, 11) is -4.33. The summed E-state index contributed by atoms with van der Waals surface area (Å²) in [6, 6.07) is 0. The van der Waals surface area contributed by atoms with E-state index in [1.165, 1.54) is 142 Å². The summed E-state index contributed by atoms with van der Waals surface area (Å²) in [5.41, 5.74) is 5.25. The number of carbonyl (C=O) groups is 2. The molecule has 0 saturated heterocycles. The number of esters is 2. The molecule has 0 fully saturated rings. The molecule has 44 heavy (non-hydrogen) atoms. The SMILES string of the molecule is CCCCCCCCCCCCCCCCCCCCCCCCCCC(=O)OC(COC(C)=O)COP(=O)(O)OCCN. The largest absolute Gasteiger partial charge is 0.472 e. The highest BCUT2D eigenvalue weighted by Crippen LogP contribution is 2.43. The van der Waals surface area contributed by atoms with Crippen molar-refractivity contribution in [1.82, 2.24) is 0 Å². The Kier molecular flexibility index (Phi) is 31.3. The number of hydrogen-bond donors (Lipinski definition) is 2. The van der Waals surface area contributed by atoms with E-state index in [2.05, 4.69) is 11.4 Å². The predicted molar refractivity (Wildman–Crippen MR) is 178 cm³/mol. The van der Waals surface area contributed by atoms with Crippen LogP contribution in [0.4, 0.5) is 0 Å². The molecule has 0 spiro atoms. The van der Waals surface area contributed by atoms with E-state index in [0.717, 1.165) is 12.8 Å². The molecule has 0 aliphatic rings. The van der Waals surface area contributed by atoms with Gasteiger partial charge in [-0.15, -0.1) is 0 Å². The van der Waals surface area contributed by atoms with E-state index in [4.69, 9.17) is 19.7 Å². The number of hydrogen-bond acceptors (Lipinski definition) is 8. The second-order valence-electron chi connectivity index (χ2n) is 12.2. The lowest BCUT2D eigenvalue weighted by Gasteiger charge is -2.19. The molecule has 0 bridgehead atoms. The van der Waals surface area contributed by atoms with E-state index in [1.54, 1.807) is 0 Å². The quantitative estimate of drug-likeness (QED) is 0.0397. The molecular weight excluding hydrogens is 581 g/mol. The van der Waals surface area contributed by atoms with Crippen molar-refractivity contribution < 1.29 is 37.6 Å². The third kappa shape index (κ3) is 32.4. The molecule has 2 unspecified atom stereocenters. The van der Waals surface area contributed by atoms with Gasteiger partial charge in [-0.1, -0.05) is 155 Å². The van der Waals surface area contributed by atoms with Crippen LogP contribution >= 0.6 is 7.82 Å². The Balaban J connectivity index is 3.58. The summed E-state index contributed by atoms with van der Waals surface area (Å²) in [5, 5.41) is 0. The Morgan fingerprint density at radius 1 is 0.636 bits per heavy atom. The van der Waals surface area contributed by atoms with Gasteiger partial charge in [-0.2, -0.15) is 0 Å². The van der Waals surface area contributed by atoms with Crippen LogP contribution in [0.5, 0.6) is 0 Å². The smallest absolute Gasteiger partial charge is 0.462 e. The zero-order chi connectivity index (χ0) is 32.6. The molecule has 9 nitrogen and oxygen atoms in total. The maximum absolute atomic E-state index is 12.2. The molecule has 0 aromatic carbocycles. The molecule has 0 aromatic heterocycles. The predicted octanol–water partition coefficient (Wildman–Crippen LogP) is 9.33. The number of phosphoric acid groups is 1. The van der Waals surface area contributed by atoms with Crippen LogP contribution in [0.3, 0.4) is 0 Å². The minimum absolute atomic E-state index is 0.0549. The van der Waals surface area contributed by atoms with E-state index in [-0.39, 0.29) is 26.2 Å². The fraction of sp³-hybridized carbons (Fsp3) is 0.941. The van der Waals surface area contributed by atoms with Crippen LogP contribution in [0.15, 0.2) is 0 Å². The molecule has 0 heterocycles. The van der Waals surface area contributed by atoms with Crippen molar-refractivity contribution in [1.29, 1.82) is 0 Å². The maximum atomic E-state index is 12.2. The standard InChI is InChI=1S/C34H68NO8P/c1-3-4-5-6-7-8-9-10-11-12-13-14-15-16-17-18-19-20-21-22-23-24-25-26-27-34(37)43-33(30-40-32(2)36)31-42-44(38,39)41-29-28-35/h33H,3-31,35H2,1-2H3,(H,38,39). The summed E-state index contributed by atoms with van der Waals surface area (Å²) in [5.74, 6) is -1.01. The minimum atomic E-state index is -4.33. The molecule has 10 heteroatoms. The second kappa shape index (κ2) is 32.0. The fourth-order valence-corrected chi connectivity index (χ4v) is 5.95. The van der Waals surface area contributed by atoms with E-state index in [0.29, 0.717) is 6.42 Å². The van der Waals surface area contributed by atoms with Crippen LogP contribution in [-0.2, 0) is 32.7 Å². The third-order valence-corrected chi connectivity index (χ3v) is 8.79. The minimum Gasteiger partial charge on any atom is -0.462 e. The number of phosphoric ester groups is 1. The van der Waals surface area contributed by atoms with Gasteiger partial charge in [-0.25, -0.2) is 4.57 Å². The highest BCUT2D eigenvalue weighted by Gasteiger charge is 2.25. The van der Waals surface area contributed by atoms with Crippen LogP contribution in [-0.4, -0.2) is 49.3 Å². The lowest BCUT2D eigenvalue weighted by atomic mass is 10.0. The second-order valence-corrected chi connectivity index (χ2v) is 13.6. The van der Waals surface area contributed by atoms with Crippen molar-refractivity contribution >= 4 is 19.8 Å². The summed E-state index contributed by atoms with van der Waals surface area (Å²) in [6.07, 6.45) is 30.9. The number of rotatable bonds is 34. The van der Waals surface area contributed by atoms with Gasteiger partial charge in [0.05, 0.1) is 13.2 Å². The zero-order valence-electron chi connectivity index (χ0n) is 28.4. The first-order chi connectivity index (χ1) is 21.3. The maximum Gasteiger partial charge on any atom is 0.472 e. The molecule has 0 aliphatic carbocycles. The van der Waals surface area contributed by atoms with Crippen molar-refractivity contribution in [3.8, 4) is 0 Å². The van der Waals surface area contributed by atoms with Crippen LogP contribution in [0.25, 0.3) is 0 Å². The Bertz CT molecular complexity index is 709. The molecular formula is C34H68NO8P. The number of unbranched alkanes of at least 4 members (excludes halogenated alkanes) is 23. The van der Waals surface area contributed by atoms with Gasteiger partial charge in [0.1, 0.15) is 6.61 Å². The van der Waals surface area contributed by atoms with Crippen molar-refractivity contribution in [3.63, 3.8) is 0 Å². The van der Waals surface area contributed by atoms with Gasteiger partial charge in [0.2, 0.25) is 0 Å². The van der Waals surface area contributed by atoms with E-state index >= 15 is 0 Å². The molecule has 0 radical (unpaired) electrons. The molecule has 0 aliphatic heterocycles. The lowest BCUT2D eigenvalue weighted by molar-refractivity contribution is -0.160. The van der Waals surface area contributed by atoms with Crippen molar-refractivity contribution in [2.24, 2.45) is 5.73 Å². The van der Waals surface area contributed by atoms with Crippen molar-refractivity contribution in [2.75, 3.05) is 26.4 Å². The van der Waals surface area contributed by atoms with Crippen LogP contribution in [0.1, 0.15) is 174 Å². The average Bonchev–Trinajstić information content (AvgIpc) is 2.99. The monoisotopic (exact) mass is 649 g/mol. The molecule has 262 valence electrons. The van der Waals surface area contributed by atoms with E-state index < -0.39 is 32.5 Å². The normalized spacial score (nSPS) is 13.5. The molecule has 0 rings (SSSR count).